The van der Waals surface area contributed by atoms with Crippen molar-refractivity contribution in [2.45, 2.75) is 19.8 Å². The van der Waals surface area contributed by atoms with Gasteiger partial charge in [0.1, 0.15) is 0 Å². The third-order valence-corrected chi connectivity index (χ3v) is 2.47. The highest BCUT2D eigenvalue weighted by atomic mass is 16.5. The number of hydrogen-bond donors (Lipinski definition) is 1. The fraction of sp³-hybridized carbons (Fsp3) is 0.500. The number of H-pyrrole nitrogens is 1. The Bertz CT molecular complexity index is 296. The average molecular weight is 179 g/mol. The number of aromatic nitrogens is 1. The molecule has 0 bridgehead atoms. The highest BCUT2D eigenvalue weighted by molar-refractivity contribution is 5.74. The Labute approximate surface area is 77.1 Å². The van der Waals surface area contributed by atoms with Crippen LogP contribution in [0.4, 0.5) is 0 Å². The summed E-state index contributed by atoms with van der Waals surface area (Å²) in [6, 6.07) is 2.04. The molecule has 1 atom stereocenters. The molecule has 1 unspecified atom stereocenters. The molecule has 0 fully saturated rings. The SMILES string of the molecule is CCOC(=O)C1Cc2cc[nH]c2C1. The average Bonchev–Trinajstić information content (AvgIpc) is 2.61. The summed E-state index contributed by atoms with van der Waals surface area (Å²) in [5, 5.41) is 0. The van der Waals surface area contributed by atoms with Crippen LogP contribution in [0.15, 0.2) is 12.3 Å². The number of nitrogens with one attached hydrogen (secondary N) is 1. The molecule has 70 valence electrons. The maximum absolute atomic E-state index is 11.4. The normalized spacial score (nSPS) is 19.9. The first-order valence-corrected chi connectivity index (χ1v) is 4.63. The Morgan fingerprint density at radius 2 is 2.54 bits per heavy atom. The summed E-state index contributed by atoms with van der Waals surface area (Å²) >= 11 is 0. The number of fused-ring (bicyclic) bond motifs is 1. The van der Waals surface area contributed by atoms with Crippen molar-refractivity contribution in [3.05, 3.63) is 23.5 Å². The Balaban J connectivity index is 2.01. The van der Waals surface area contributed by atoms with Crippen LogP contribution in [0, 0.1) is 5.92 Å². The first kappa shape index (κ1) is 8.35. The standard InChI is InChI=1S/C10H13NO2/c1-2-13-10(12)8-5-7-3-4-11-9(7)6-8/h3-4,8,11H,2,5-6H2,1H3. The van der Waals surface area contributed by atoms with E-state index in [9.17, 15) is 4.79 Å². The summed E-state index contributed by atoms with van der Waals surface area (Å²) in [5.41, 5.74) is 2.45. The topological polar surface area (TPSA) is 42.1 Å². The molecule has 1 aromatic rings. The van der Waals surface area contributed by atoms with E-state index in [1.165, 1.54) is 11.3 Å². The van der Waals surface area contributed by atoms with Crippen LogP contribution < -0.4 is 0 Å². The van der Waals surface area contributed by atoms with Crippen LogP contribution in [0.25, 0.3) is 0 Å². The molecule has 0 amide bonds. The van der Waals surface area contributed by atoms with Gasteiger partial charge in [-0.2, -0.15) is 0 Å². The number of carbonyl (C=O) groups is 1. The van der Waals surface area contributed by atoms with Gasteiger partial charge in [0.25, 0.3) is 0 Å². The summed E-state index contributed by atoms with van der Waals surface area (Å²) in [5.74, 6) is -0.0190. The summed E-state index contributed by atoms with van der Waals surface area (Å²) < 4.78 is 4.97. The molecule has 0 saturated heterocycles. The third-order valence-electron chi connectivity index (χ3n) is 2.47. The Morgan fingerprint density at radius 3 is 3.23 bits per heavy atom. The van der Waals surface area contributed by atoms with Gasteiger partial charge in [-0.25, -0.2) is 0 Å². The summed E-state index contributed by atoms with van der Waals surface area (Å²) in [4.78, 5) is 14.5. The van der Waals surface area contributed by atoms with Gasteiger partial charge in [0.2, 0.25) is 0 Å². The first-order chi connectivity index (χ1) is 6.31. The van der Waals surface area contributed by atoms with Gasteiger partial charge in [-0.15, -0.1) is 0 Å². The number of esters is 1. The summed E-state index contributed by atoms with van der Waals surface area (Å²) in [6.07, 6.45) is 3.56. The van der Waals surface area contributed by atoms with E-state index in [1.54, 1.807) is 0 Å². The summed E-state index contributed by atoms with van der Waals surface area (Å²) in [6.45, 7) is 2.31. The smallest absolute Gasteiger partial charge is 0.309 e. The minimum atomic E-state index is -0.0629. The molecule has 0 spiro atoms. The maximum Gasteiger partial charge on any atom is 0.309 e. The van der Waals surface area contributed by atoms with Crippen molar-refractivity contribution in [1.29, 1.82) is 0 Å². The zero-order chi connectivity index (χ0) is 9.26. The lowest BCUT2D eigenvalue weighted by atomic mass is 10.1. The van der Waals surface area contributed by atoms with Crippen molar-refractivity contribution in [2.75, 3.05) is 6.61 Å². The number of rotatable bonds is 2. The molecule has 0 saturated carbocycles. The molecule has 1 N–H and O–H groups in total. The lowest BCUT2D eigenvalue weighted by Gasteiger charge is -2.07. The fourth-order valence-corrected chi connectivity index (χ4v) is 1.83. The van der Waals surface area contributed by atoms with Gasteiger partial charge >= 0.3 is 5.97 Å². The van der Waals surface area contributed by atoms with Gasteiger partial charge in [0, 0.05) is 18.3 Å². The van der Waals surface area contributed by atoms with Crippen molar-refractivity contribution in [2.24, 2.45) is 5.92 Å². The second-order valence-corrected chi connectivity index (χ2v) is 3.34. The Hall–Kier alpha value is -1.25. The lowest BCUT2D eigenvalue weighted by molar-refractivity contribution is -0.147. The molecule has 1 aromatic heterocycles. The van der Waals surface area contributed by atoms with Gasteiger partial charge in [-0.3, -0.25) is 4.79 Å². The van der Waals surface area contributed by atoms with Crippen molar-refractivity contribution >= 4 is 5.97 Å². The van der Waals surface area contributed by atoms with Crippen LogP contribution in [0.2, 0.25) is 0 Å². The zero-order valence-electron chi connectivity index (χ0n) is 7.67. The predicted molar refractivity (Wildman–Crippen MR) is 48.3 cm³/mol. The molecule has 3 heteroatoms. The van der Waals surface area contributed by atoms with E-state index < -0.39 is 0 Å². The van der Waals surface area contributed by atoms with Crippen LogP contribution in [-0.4, -0.2) is 17.6 Å². The molecule has 0 aliphatic heterocycles. The van der Waals surface area contributed by atoms with E-state index in [0.29, 0.717) is 6.61 Å². The predicted octanol–water partition coefficient (Wildman–Crippen LogP) is 1.29. The van der Waals surface area contributed by atoms with Gasteiger partial charge in [-0.05, 0) is 25.0 Å². The number of aromatic amines is 1. The van der Waals surface area contributed by atoms with Crippen molar-refractivity contribution in [3.8, 4) is 0 Å². The van der Waals surface area contributed by atoms with E-state index in [1.807, 2.05) is 19.2 Å². The second kappa shape index (κ2) is 3.24. The Morgan fingerprint density at radius 1 is 1.69 bits per heavy atom. The molecular weight excluding hydrogens is 166 g/mol. The minimum absolute atomic E-state index is 0.0439. The van der Waals surface area contributed by atoms with E-state index in [0.717, 1.165) is 12.8 Å². The van der Waals surface area contributed by atoms with E-state index >= 15 is 0 Å². The quantitative estimate of drug-likeness (QED) is 0.695. The number of carbonyl (C=O) groups excluding carboxylic acids is 1. The zero-order valence-corrected chi connectivity index (χ0v) is 7.67. The first-order valence-electron chi connectivity index (χ1n) is 4.63. The Kier molecular flexibility index (Phi) is 2.08. The van der Waals surface area contributed by atoms with Crippen LogP contribution in [0.5, 0.6) is 0 Å². The fourth-order valence-electron chi connectivity index (χ4n) is 1.83. The highest BCUT2D eigenvalue weighted by Crippen LogP contribution is 2.26. The number of hydrogen-bond acceptors (Lipinski definition) is 2. The van der Waals surface area contributed by atoms with E-state index in [4.69, 9.17) is 4.74 Å². The molecule has 1 heterocycles. The van der Waals surface area contributed by atoms with Crippen LogP contribution in [-0.2, 0) is 22.4 Å². The molecular formula is C10H13NO2. The third kappa shape index (κ3) is 1.46. The van der Waals surface area contributed by atoms with Crippen molar-refractivity contribution < 1.29 is 9.53 Å². The molecule has 13 heavy (non-hydrogen) atoms. The largest absolute Gasteiger partial charge is 0.466 e. The maximum atomic E-state index is 11.4. The molecule has 1 aliphatic carbocycles. The molecule has 1 aliphatic rings. The van der Waals surface area contributed by atoms with Gasteiger partial charge in [0.15, 0.2) is 0 Å². The van der Waals surface area contributed by atoms with E-state index in [2.05, 4.69) is 4.98 Å². The molecule has 0 radical (unpaired) electrons. The van der Waals surface area contributed by atoms with Crippen LogP contribution >= 0.6 is 0 Å². The van der Waals surface area contributed by atoms with Gasteiger partial charge in [-0.1, -0.05) is 0 Å². The second-order valence-electron chi connectivity index (χ2n) is 3.34. The van der Waals surface area contributed by atoms with Crippen molar-refractivity contribution in [3.63, 3.8) is 0 Å². The molecule has 2 rings (SSSR count). The highest BCUT2D eigenvalue weighted by Gasteiger charge is 2.28. The molecule has 0 aromatic carbocycles. The van der Waals surface area contributed by atoms with Gasteiger partial charge < -0.3 is 9.72 Å². The lowest BCUT2D eigenvalue weighted by Crippen LogP contribution is -2.18. The minimum Gasteiger partial charge on any atom is -0.466 e. The molecule has 3 nitrogen and oxygen atoms in total. The monoisotopic (exact) mass is 179 g/mol. The van der Waals surface area contributed by atoms with Crippen LogP contribution in [0.1, 0.15) is 18.2 Å². The van der Waals surface area contributed by atoms with E-state index in [-0.39, 0.29) is 11.9 Å². The van der Waals surface area contributed by atoms with Crippen molar-refractivity contribution in [1.82, 2.24) is 4.98 Å². The number of ether oxygens (including phenoxy) is 1. The van der Waals surface area contributed by atoms with Gasteiger partial charge in [0.05, 0.1) is 12.5 Å². The van der Waals surface area contributed by atoms with Crippen LogP contribution in [0.3, 0.4) is 0 Å². The summed E-state index contributed by atoms with van der Waals surface area (Å²) in [7, 11) is 0.